The van der Waals surface area contributed by atoms with Crippen LogP contribution in [0.4, 0.5) is 0 Å². The standard InChI is InChI=1S/C7H15NO2S/c1-6-4-8(5-7(6)2)11(3,9)10/h6-7H,4-5H2,1-3H3/t6-,7-/m1/s1. The molecular weight excluding hydrogens is 162 g/mol. The van der Waals surface area contributed by atoms with E-state index in [-0.39, 0.29) is 0 Å². The topological polar surface area (TPSA) is 37.4 Å². The fraction of sp³-hybridized carbons (Fsp3) is 1.00. The Balaban J connectivity index is 2.69. The summed E-state index contributed by atoms with van der Waals surface area (Å²) in [6.07, 6.45) is 1.28. The lowest BCUT2D eigenvalue weighted by Crippen LogP contribution is -2.27. The van der Waals surface area contributed by atoms with Gasteiger partial charge in [0.1, 0.15) is 0 Å². The highest BCUT2D eigenvalue weighted by Crippen LogP contribution is 2.23. The zero-order valence-corrected chi connectivity index (χ0v) is 8.06. The van der Waals surface area contributed by atoms with Gasteiger partial charge >= 0.3 is 0 Å². The van der Waals surface area contributed by atoms with Gasteiger partial charge in [0.05, 0.1) is 6.26 Å². The predicted octanol–water partition coefficient (Wildman–Crippen LogP) is 0.534. The SMILES string of the molecule is C[C@@H]1CN(S(C)(=O)=O)C[C@H]1C. The van der Waals surface area contributed by atoms with Crippen molar-refractivity contribution in [2.24, 2.45) is 11.8 Å². The number of sulfonamides is 1. The van der Waals surface area contributed by atoms with Gasteiger partial charge in [0.25, 0.3) is 0 Å². The highest BCUT2D eigenvalue weighted by Gasteiger charge is 2.31. The first kappa shape index (κ1) is 9.00. The van der Waals surface area contributed by atoms with Crippen LogP contribution in [0.15, 0.2) is 0 Å². The molecule has 4 heteroatoms. The molecule has 0 unspecified atom stereocenters. The fourth-order valence-electron chi connectivity index (χ4n) is 1.35. The second-order valence-corrected chi connectivity index (χ2v) is 5.52. The molecule has 0 bridgehead atoms. The Morgan fingerprint density at radius 3 is 1.73 bits per heavy atom. The molecule has 0 aromatic rings. The molecule has 0 N–H and O–H groups in total. The van der Waals surface area contributed by atoms with E-state index in [2.05, 4.69) is 13.8 Å². The minimum Gasteiger partial charge on any atom is -0.213 e. The Bertz CT molecular complexity index is 225. The zero-order valence-electron chi connectivity index (χ0n) is 7.24. The lowest BCUT2D eigenvalue weighted by atomic mass is 10.0. The predicted molar refractivity (Wildman–Crippen MR) is 44.7 cm³/mol. The first-order chi connectivity index (χ1) is 4.91. The smallest absolute Gasteiger partial charge is 0.211 e. The van der Waals surface area contributed by atoms with Crippen LogP contribution in [-0.2, 0) is 10.0 Å². The molecule has 1 heterocycles. The molecule has 66 valence electrons. The van der Waals surface area contributed by atoms with Gasteiger partial charge in [-0.2, -0.15) is 0 Å². The summed E-state index contributed by atoms with van der Waals surface area (Å²) in [5.41, 5.74) is 0. The van der Waals surface area contributed by atoms with Gasteiger partial charge in [-0.3, -0.25) is 0 Å². The second kappa shape index (κ2) is 2.75. The van der Waals surface area contributed by atoms with Crippen LogP contribution in [0.5, 0.6) is 0 Å². The summed E-state index contributed by atoms with van der Waals surface area (Å²) in [4.78, 5) is 0. The normalized spacial score (nSPS) is 34.5. The average Bonchev–Trinajstić information content (AvgIpc) is 2.11. The first-order valence-corrected chi connectivity index (χ1v) is 5.71. The molecule has 1 aliphatic rings. The largest absolute Gasteiger partial charge is 0.213 e. The van der Waals surface area contributed by atoms with Crippen molar-refractivity contribution in [2.75, 3.05) is 19.3 Å². The van der Waals surface area contributed by atoms with E-state index in [1.54, 1.807) is 4.31 Å². The van der Waals surface area contributed by atoms with Crippen molar-refractivity contribution in [3.63, 3.8) is 0 Å². The Labute approximate surface area is 68.4 Å². The molecule has 0 spiro atoms. The number of hydrogen-bond acceptors (Lipinski definition) is 2. The van der Waals surface area contributed by atoms with Crippen molar-refractivity contribution in [1.82, 2.24) is 4.31 Å². The van der Waals surface area contributed by atoms with Crippen LogP contribution < -0.4 is 0 Å². The maximum absolute atomic E-state index is 11.1. The van der Waals surface area contributed by atoms with Gasteiger partial charge in [0.15, 0.2) is 0 Å². The van der Waals surface area contributed by atoms with E-state index in [1.165, 1.54) is 6.26 Å². The third-order valence-corrected chi connectivity index (χ3v) is 3.66. The molecule has 0 aliphatic carbocycles. The van der Waals surface area contributed by atoms with Gasteiger partial charge in [-0.25, -0.2) is 12.7 Å². The van der Waals surface area contributed by atoms with Crippen LogP contribution in [0.3, 0.4) is 0 Å². The molecular formula is C7H15NO2S. The van der Waals surface area contributed by atoms with Gasteiger partial charge < -0.3 is 0 Å². The molecule has 0 amide bonds. The third kappa shape index (κ3) is 1.93. The summed E-state index contributed by atoms with van der Waals surface area (Å²) in [6, 6.07) is 0. The summed E-state index contributed by atoms with van der Waals surface area (Å²) in [5, 5.41) is 0. The van der Waals surface area contributed by atoms with Gasteiger partial charge in [0, 0.05) is 13.1 Å². The Hall–Kier alpha value is -0.0900. The van der Waals surface area contributed by atoms with Crippen LogP contribution in [-0.4, -0.2) is 32.1 Å². The molecule has 1 aliphatic heterocycles. The maximum Gasteiger partial charge on any atom is 0.211 e. The number of rotatable bonds is 1. The molecule has 0 saturated carbocycles. The number of hydrogen-bond donors (Lipinski definition) is 0. The van der Waals surface area contributed by atoms with Gasteiger partial charge in [0.2, 0.25) is 10.0 Å². The van der Waals surface area contributed by atoms with Crippen LogP contribution in [0.2, 0.25) is 0 Å². The summed E-state index contributed by atoms with van der Waals surface area (Å²) < 4.78 is 23.7. The molecule has 1 rings (SSSR count). The molecule has 2 atom stereocenters. The Morgan fingerprint density at radius 1 is 1.18 bits per heavy atom. The molecule has 11 heavy (non-hydrogen) atoms. The Morgan fingerprint density at radius 2 is 1.55 bits per heavy atom. The van der Waals surface area contributed by atoms with Gasteiger partial charge in [-0.05, 0) is 11.8 Å². The minimum atomic E-state index is -2.94. The van der Waals surface area contributed by atoms with Crippen molar-refractivity contribution in [1.29, 1.82) is 0 Å². The first-order valence-electron chi connectivity index (χ1n) is 3.86. The zero-order chi connectivity index (χ0) is 8.65. The van der Waals surface area contributed by atoms with Crippen LogP contribution in [0, 0.1) is 11.8 Å². The average molecular weight is 177 g/mol. The van der Waals surface area contributed by atoms with Gasteiger partial charge in [-0.1, -0.05) is 13.8 Å². The summed E-state index contributed by atoms with van der Waals surface area (Å²) >= 11 is 0. The summed E-state index contributed by atoms with van der Waals surface area (Å²) in [6.45, 7) is 5.58. The number of nitrogens with zero attached hydrogens (tertiary/aromatic N) is 1. The van der Waals surface area contributed by atoms with E-state index in [1.807, 2.05) is 0 Å². The lowest BCUT2D eigenvalue weighted by molar-refractivity contribution is 0.468. The Kier molecular flexibility index (Phi) is 2.25. The van der Waals surface area contributed by atoms with Crippen molar-refractivity contribution in [2.45, 2.75) is 13.8 Å². The van der Waals surface area contributed by atoms with Gasteiger partial charge in [-0.15, -0.1) is 0 Å². The molecule has 0 aromatic heterocycles. The third-order valence-electron chi connectivity index (χ3n) is 2.42. The van der Waals surface area contributed by atoms with Crippen molar-refractivity contribution >= 4 is 10.0 Å². The fourth-order valence-corrected chi connectivity index (χ4v) is 2.36. The molecule has 1 fully saturated rings. The van der Waals surface area contributed by atoms with E-state index >= 15 is 0 Å². The maximum atomic E-state index is 11.1. The van der Waals surface area contributed by atoms with Crippen LogP contribution >= 0.6 is 0 Å². The van der Waals surface area contributed by atoms with E-state index in [9.17, 15) is 8.42 Å². The van der Waals surface area contributed by atoms with Crippen LogP contribution in [0.25, 0.3) is 0 Å². The van der Waals surface area contributed by atoms with Crippen molar-refractivity contribution < 1.29 is 8.42 Å². The monoisotopic (exact) mass is 177 g/mol. The second-order valence-electron chi connectivity index (χ2n) is 3.53. The molecule has 0 aromatic carbocycles. The summed E-state index contributed by atoms with van der Waals surface area (Å²) in [5.74, 6) is 1.01. The minimum absolute atomic E-state index is 0.504. The molecule has 0 radical (unpaired) electrons. The van der Waals surface area contributed by atoms with Crippen molar-refractivity contribution in [3.05, 3.63) is 0 Å². The van der Waals surface area contributed by atoms with E-state index < -0.39 is 10.0 Å². The van der Waals surface area contributed by atoms with E-state index in [4.69, 9.17) is 0 Å². The van der Waals surface area contributed by atoms with E-state index in [0.29, 0.717) is 24.9 Å². The van der Waals surface area contributed by atoms with Crippen molar-refractivity contribution in [3.8, 4) is 0 Å². The van der Waals surface area contributed by atoms with Crippen LogP contribution in [0.1, 0.15) is 13.8 Å². The molecule has 3 nitrogen and oxygen atoms in total. The highest BCUT2D eigenvalue weighted by atomic mass is 32.2. The molecule has 1 saturated heterocycles. The van der Waals surface area contributed by atoms with E-state index in [0.717, 1.165) is 0 Å². The lowest BCUT2D eigenvalue weighted by Gasteiger charge is -2.11. The quantitative estimate of drug-likeness (QED) is 0.586. The summed E-state index contributed by atoms with van der Waals surface area (Å²) in [7, 11) is -2.94. The highest BCUT2D eigenvalue weighted by molar-refractivity contribution is 7.88.